The summed E-state index contributed by atoms with van der Waals surface area (Å²) in [6, 6.07) is 7.86. The zero-order valence-corrected chi connectivity index (χ0v) is 20.7. The van der Waals surface area contributed by atoms with Crippen LogP contribution in [0.3, 0.4) is 0 Å². The van der Waals surface area contributed by atoms with Gasteiger partial charge in [0.2, 0.25) is 0 Å². The van der Waals surface area contributed by atoms with Crippen molar-refractivity contribution in [2.45, 2.75) is 41.3 Å². The fourth-order valence-corrected chi connectivity index (χ4v) is 9.68. The standard InChI is InChI=1S/C18H12F9Te.CHF3O3S/c1-9-3-5-13-11(7-9)12-8-10(2)4-6-14(12)28(13)18(26,27)16(21,22)15(19,20)17(23,24)25;2-1(3,4)8(5,6)7/h3-8H,1-2H3;(H,5,6,7)/q+1;/p-1. The number of hydrogen-bond acceptors (Lipinski definition) is 3. The van der Waals surface area contributed by atoms with E-state index in [1.807, 2.05) is 0 Å². The fourth-order valence-electron chi connectivity index (χ4n) is 2.95. The normalized spacial score (nSPS) is 14.2. The summed E-state index contributed by atoms with van der Waals surface area (Å²) in [5.41, 5.74) is -4.42. The zero-order valence-electron chi connectivity index (χ0n) is 17.5. The van der Waals surface area contributed by atoms with E-state index in [9.17, 15) is 52.7 Å². The summed E-state index contributed by atoms with van der Waals surface area (Å²) in [6.45, 7) is 3.25. The van der Waals surface area contributed by atoms with Crippen LogP contribution in [0.5, 0.6) is 0 Å². The van der Waals surface area contributed by atoms with Gasteiger partial charge in [-0.25, -0.2) is 8.42 Å². The predicted octanol–water partition coefficient (Wildman–Crippen LogP) is 6.79. The van der Waals surface area contributed by atoms with Gasteiger partial charge in [-0.1, -0.05) is 0 Å². The Labute approximate surface area is 201 Å². The van der Waals surface area contributed by atoms with Gasteiger partial charge in [0.15, 0.2) is 10.1 Å². The van der Waals surface area contributed by atoms with Crippen LogP contribution in [-0.4, -0.2) is 55.6 Å². The number of hydrogen-bond donors (Lipinski definition) is 0. The van der Waals surface area contributed by atoms with Crippen LogP contribution in [0.4, 0.5) is 52.7 Å². The van der Waals surface area contributed by atoms with Gasteiger partial charge in [-0.05, 0) is 0 Å². The Bertz CT molecular complexity index is 1330. The maximum atomic E-state index is 14.8. The van der Waals surface area contributed by atoms with E-state index in [4.69, 9.17) is 13.0 Å². The van der Waals surface area contributed by atoms with Crippen LogP contribution in [0.1, 0.15) is 11.1 Å². The van der Waals surface area contributed by atoms with Gasteiger partial charge in [0.05, 0.1) is 0 Å². The molecule has 202 valence electrons. The third-order valence-corrected chi connectivity index (χ3v) is 12.0. The molecule has 0 aliphatic carbocycles. The molecule has 0 aliphatic rings. The molecule has 17 heteroatoms. The first-order valence-electron chi connectivity index (χ1n) is 9.06. The third-order valence-electron chi connectivity index (χ3n) is 4.66. The molecule has 2 aromatic carbocycles. The van der Waals surface area contributed by atoms with Gasteiger partial charge in [0.1, 0.15) is 0 Å². The first-order valence-corrected chi connectivity index (χ1v) is 14.0. The molecule has 0 atom stereocenters. The quantitative estimate of drug-likeness (QED) is 0.133. The van der Waals surface area contributed by atoms with Crippen molar-refractivity contribution in [3.05, 3.63) is 47.5 Å². The topological polar surface area (TPSA) is 57.2 Å². The average Bonchev–Trinajstić information content (AvgIpc) is 2.99. The molecule has 0 unspecified atom stereocenters. The largest absolute Gasteiger partial charge is 0.741 e. The second kappa shape index (κ2) is 9.25. The summed E-state index contributed by atoms with van der Waals surface area (Å²) < 4.78 is 175. The van der Waals surface area contributed by atoms with Crippen molar-refractivity contribution >= 4 is 46.8 Å². The first kappa shape index (κ1) is 30.5. The van der Waals surface area contributed by atoms with Gasteiger partial charge in [0, 0.05) is 0 Å². The van der Waals surface area contributed by atoms with Gasteiger partial charge in [0.25, 0.3) is 0 Å². The number of aryl methyl sites for hydroxylation is 2. The second-order valence-electron chi connectivity index (χ2n) is 7.37. The van der Waals surface area contributed by atoms with Crippen molar-refractivity contribution in [2.24, 2.45) is 0 Å². The van der Waals surface area contributed by atoms with Crippen LogP contribution in [0.15, 0.2) is 36.4 Å². The van der Waals surface area contributed by atoms with Gasteiger partial charge < -0.3 is 4.55 Å². The molecular formula is C19H12F12O3STe. The predicted molar refractivity (Wildman–Crippen MR) is 104 cm³/mol. The summed E-state index contributed by atoms with van der Waals surface area (Å²) in [4.78, 5) is 0. The molecule has 0 aliphatic heterocycles. The van der Waals surface area contributed by atoms with Crippen molar-refractivity contribution < 1.29 is 65.7 Å². The van der Waals surface area contributed by atoms with Crippen molar-refractivity contribution in [1.82, 2.24) is 0 Å². The van der Waals surface area contributed by atoms with E-state index in [0.29, 0.717) is 11.1 Å². The van der Waals surface area contributed by atoms with Crippen LogP contribution in [0.2, 0.25) is 0 Å². The van der Waals surface area contributed by atoms with Crippen molar-refractivity contribution in [3.63, 3.8) is 0 Å². The molecule has 1 aromatic heterocycles. The Kier molecular flexibility index (Phi) is 7.84. The molecule has 0 radical (unpaired) electrons. The molecule has 0 saturated heterocycles. The molecule has 0 fully saturated rings. The Morgan fingerprint density at radius 3 is 1.28 bits per heavy atom. The van der Waals surface area contributed by atoms with E-state index in [0.717, 1.165) is 12.1 Å². The fraction of sp³-hybridized carbons (Fsp3) is 0.368. The monoisotopic (exact) mass is 678 g/mol. The maximum absolute atomic E-state index is 14.8. The van der Waals surface area contributed by atoms with E-state index in [2.05, 4.69) is 0 Å². The molecular weight excluding hydrogens is 664 g/mol. The Morgan fingerprint density at radius 1 is 0.667 bits per heavy atom. The molecule has 36 heavy (non-hydrogen) atoms. The second-order valence-corrected chi connectivity index (χ2v) is 14.5. The number of benzene rings is 2. The first-order chi connectivity index (χ1) is 15.9. The number of fused-ring (bicyclic) bond motifs is 3. The Balaban J connectivity index is 0.000000493. The molecule has 0 bridgehead atoms. The van der Waals surface area contributed by atoms with Gasteiger partial charge in [-0.15, -0.1) is 0 Å². The zero-order chi connectivity index (χ0) is 28.3. The van der Waals surface area contributed by atoms with Crippen LogP contribution >= 0.6 is 0 Å². The molecule has 1 heterocycles. The summed E-state index contributed by atoms with van der Waals surface area (Å²) in [7, 11) is -6.09. The number of rotatable bonds is 3. The summed E-state index contributed by atoms with van der Waals surface area (Å²) in [6.07, 6.45) is -6.82. The molecule has 0 N–H and O–H groups in total. The van der Waals surface area contributed by atoms with Crippen molar-refractivity contribution in [1.29, 1.82) is 0 Å². The smallest absolute Gasteiger partial charge is 0.485 e. The number of halogens is 12. The molecule has 3 rings (SSSR count). The SMILES string of the molecule is Cc1ccc2c(c1)c1cc(C)ccc1[te+]2C(F)(F)C(F)(F)C(F)(F)C(F)(F)F.O=S(=O)([O-])C(F)(F)F. The Morgan fingerprint density at radius 2 is 1.00 bits per heavy atom. The van der Waals surface area contributed by atoms with Gasteiger partial charge in [-0.3, -0.25) is 0 Å². The van der Waals surface area contributed by atoms with Crippen LogP contribution < -0.4 is 0 Å². The molecule has 0 saturated carbocycles. The Hall–Kier alpha value is -1.70. The molecule has 3 aromatic rings. The van der Waals surface area contributed by atoms with Gasteiger partial charge >= 0.3 is 165 Å². The van der Waals surface area contributed by atoms with Crippen molar-refractivity contribution in [2.75, 3.05) is 0 Å². The minimum Gasteiger partial charge on any atom is -0.741 e. The summed E-state index contributed by atoms with van der Waals surface area (Å²) in [5, 5.41) is 0.363. The van der Waals surface area contributed by atoms with Crippen LogP contribution in [0, 0.1) is 13.8 Å². The minimum atomic E-state index is -6.87. The van der Waals surface area contributed by atoms with E-state index in [1.165, 1.54) is 24.3 Å². The maximum Gasteiger partial charge on any atom is 0.485 e. The average molecular weight is 676 g/mol. The van der Waals surface area contributed by atoms with Crippen LogP contribution in [0.25, 0.3) is 17.6 Å². The molecule has 3 nitrogen and oxygen atoms in total. The van der Waals surface area contributed by atoms with E-state index < -0.39 is 56.7 Å². The number of alkyl halides is 12. The minimum absolute atomic E-state index is 0.182. The van der Waals surface area contributed by atoms with E-state index in [-0.39, 0.29) is 17.6 Å². The summed E-state index contributed by atoms with van der Waals surface area (Å²) >= 11 is -4.90. The van der Waals surface area contributed by atoms with E-state index in [1.54, 1.807) is 13.8 Å². The van der Waals surface area contributed by atoms with E-state index >= 15 is 0 Å². The molecule has 0 amide bonds. The summed E-state index contributed by atoms with van der Waals surface area (Å²) in [5.74, 6) is -13.5. The third kappa shape index (κ3) is 5.16. The van der Waals surface area contributed by atoms with Crippen LogP contribution in [-0.2, 0) is 14.1 Å². The van der Waals surface area contributed by atoms with Gasteiger partial charge in [-0.2, -0.15) is 13.2 Å². The molecule has 0 spiro atoms. The van der Waals surface area contributed by atoms with Crippen molar-refractivity contribution in [3.8, 4) is 0 Å².